The van der Waals surface area contributed by atoms with E-state index in [0.29, 0.717) is 6.42 Å². The van der Waals surface area contributed by atoms with Crippen LogP contribution in [0.3, 0.4) is 0 Å². The van der Waals surface area contributed by atoms with Gasteiger partial charge in [-0.2, -0.15) is 13.2 Å². The number of carbonyl (C=O) groups is 1. The largest absolute Gasteiger partial charge is 0.481 e. The Morgan fingerprint density at radius 2 is 1.80 bits per heavy atom. The molecule has 0 bridgehead atoms. The van der Waals surface area contributed by atoms with Crippen LogP contribution in [0.4, 0.5) is 13.2 Å². The number of hydrogen-bond donors (Lipinski definition) is 1. The molecule has 1 N–H and O–H groups in total. The maximum absolute atomic E-state index is 13.5. The number of aliphatic imine (C=N–C) groups is 1. The van der Waals surface area contributed by atoms with E-state index in [1.165, 1.54) is 18.3 Å². The molecule has 2 aromatic rings. The van der Waals surface area contributed by atoms with Gasteiger partial charge in [0.25, 0.3) is 5.91 Å². The highest BCUT2D eigenvalue weighted by atomic mass is 19.4. The molecule has 3 atom stereocenters. The van der Waals surface area contributed by atoms with Crippen molar-refractivity contribution in [2.24, 2.45) is 10.9 Å². The van der Waals surface area contributed by atoms with E-state index in [9.17, 15) is 18.0 Å². The third kappa shape index (κ3) is 5.62. The van der Waals surface area contributed by atoms with Crippen molar-refractivity contribution >= 4 is 12.1 Å². The van der Waals surface area contributed by atoms with E-state index in [1.54, 1.807) is 0 Å². The van der Waals surface area contributed by atoms with Crippen LogP contribution in [0.2, 0.25) is 0 Å². The summed E-state index contributed by atoms with van der Waals surface area (Å²) in [4.78, 5) is 16.7. The molecule has 2 unspecified atom stereocenters. The normalized spacial score (nSPS) is 17.5. The predicted octanol–water partition coefficient (Wildman–Crippen LogP) is 5.50. The highest BCUT2D eigenvalue weighted by Crippen LogP contribution is 2.40. The van der Waals surface area contributed by atoms with Gasteiger partial charge in [-0.15, -0.1) is 0 Å². The van der Waals surface area contributed by atoms with Gasteiger partial charge in [0.15, 0.2) is 6.10 Å². The summed E-state index contributed by atoms with van der Waals surface area (Å²) in [7, 11) is 0. The molecule has 3 rings (SSSR count). The van der Waals surface area contributed by atoms with Crippen LogP contribution in [0, 0.1) is 5.92 Å². The average molecular weight is 418 g/mol. The molecule has 0 saturated heterocycles. The standard InChI is InChI=1S/C23H25F3N2O2/c1-14(2)11-21(22(29)28-15(3)16-7-5-4-6-8-16)30-17-9-10-18(20-13-27-20)19(12-17)23(24,25)26/h4-10,12-15,20-21H,11H2,1-3H3,(H,28,29)/t15-,20?,21?/m0/s1. The smallest absolute Gasteiger partial charge is 0.416 e. The Bertz CT molecular complexity index is 904. The van der Waals surface area contributed by atoms with Crippen LogP contribution in [-0.2, 0) is 11.0 Å². The summed E-state index contributed by atoms with van der Waals surface area (Å²) in [6.45, 7) is 5.71. The predicted molar refractivity (Wildman–Crippen MR) is 110 cm³/mol. The molecule has 30 heavy (non-hydrogen) atoms. The number of nitrogens with zero attached hydrogens (tertiary/aromatic N) is 1. The molecule has 1 aliphatic rings. The van der Waals surface area contributed by atoms with Gasteiger partial charge in [0, 0.05) is 6.21 Å². The summed E-state index contributed by atoms with van der Waals surface area (Å²) >= 11 is 0. The summed E-state index contributed by atoms with van der Waals surface area (Å²) in [5.74, 6) is -0.225. The van der Waals surface area contributed by atoms with Crippen LogP contribution >= 0.6 is 0 Å². The van der Waals surface area contributed by atoms with Gasteiger partial charge in [0.1, 0.15) is 11.8 Å². The lowest BCUT2D eigenvalue weighted by atomic mass is 10.0. The van der Waals surface area contributed by atoms with Gasteiger partial charge < -0.3 is 10.1 Å². The van der Waals surface area contributed by atoms with Crippen molar-refractivity contribution in [3.8, 4) is 5.75 Å². The summed E-state index contributed by atoms with van der Waals surface area (Å²) < 4.78 is 46.2. The maximum Gasteiger partial charge on any atom is 0.416 e. The zero-order valence-corrected chi connectivity index (χ0v) is 17.1. The van der Waals surface area contributed by atoms with Crippen molar-refractivity contribution in [1.82, 2.24) is 5.32 Å². The Kier molecular flexibility index (Phi) is 6.48. The number of alkyl halides is 3. The molecule has 0 spiro atoms. The lowest BCUT2D eigenvalue weighted by Crippen LogP contribution is -2.40. The fourth-order valence-electron chi connectivity index (χ4n) is 3.25. The van der Waals surface area contributed by atoms with Crippen molar-refractivity contribution < 1.29 is 22.7 Å². The summed E-state index contributed by atoms with van der Waals surface area (Å²) in [6, 6.07) is 12.5. The molecule has 0 saturated carbocycles. The average Bonchev–Trinajstić information content (AvgIpc) is 3.52. The number of ether oxygens (including phenoxy) is 1. The number of carbonyl (C=O) groups excluding carboxylic acids is 1. The van der Waals surface area contributed by atoms with E-state index in [2.05, 4.69) is 10.3 Å². The van der Waals surface area contributed by atoms with E-state index in [0.717, 1.165) is 11.6 Å². The van der Waals surface area contributed by atoms with Gasteiger partial charge in [-0.1, -0.05) is 50.2 Å². The number of rotatable bonds is 8. The highest BCUT2D eigenvalue weighted by molar-refractivity contribution is 5.82. The first-order chi connectivity index (χ1) is 14.1. The molecule has 1 heterocycles. The van der Waals surface area contributed by atoms with Crippen molar-refractivity contribution in [3.05, 3.63) is 65.2 Å². The monoisotopic (exact) mass is 418 g/mol. The highest BCUT2D eigenvalue weighted by Gasteiger charge is 2.37. The fraction of sp³-hybridized carbons (Fsp3) is 0.391. The Morgan fingerprint density at radius 3 is 2.37 bits per heavy atom. The Labute approximate surface area is 174 Å². The molecule has 2 aromatic carbocycles. The van der Waals surface area contributed by atoms with Crippen LogP contribution in [0.15, 0.2) is 53.5 Å². The van der Waals surface area contributed by atoms with Gasteiger partial charge in [0.2, 0.25) is 0 Å². The molecule has 1 amide bonds. The molecule has 4 nitrogen and oxygen atoms in total. The van der Waals surface area contributed by atoms with E-state index < -0.39 is 23.9 Å². The van der Waals surface area contributed by atoms with Gasteiger partial charge >= 0.3 is 6.18 Å². The van der Waals surface area contributed by atoms with Crippen LogP contribution in [0.25, 0.3) is 0 Å². The Morgan fingerprint density at radius 1 is 1.13 bits per heavy atom. The van der Waals surface area contributed by atoms with Gasteiger partial charge in [-0.05, 0) is 42.5 Å². The maximum atomic E-state index is 13.5. The second-order valence-corrected chi connectivity index (χ2v) is 7.87. The minimum absolute atomic E-state index is 0.0138. The third-order valence-corrected chi connectivity index (χ3v) is 4.86. The van der Waals surface area contributed by atoms with Crippen molar-refractivity contribution in [1.29, 1.82) is 0 Å². The van der Waals surface area contributed by atoms with Crippen LogP contribution in [-0.4, -0.2) is 18.2 Å². The van der Waals surface area contributed by atoms with E-state index in [4.69, 9.17) is 4.74 Å². The molecular formula is C23H25F3N2O2. The van der Waals surface area contributed by atoms with Crippen LogP contribution in [0.5, 0.6) is 5.75 Å². The zero-order valence-electron chi connectivity index (χ0n) is 17.1. The van der Waals surface area contributed by atoms with E-state index in [-0.39, 0.29) is 29.2 Å². The third-order valence-electron chi connectivity index (χ3n) is 4.86. The number of halogens is 3. The molecule has 0 aliphatic carbocycles. The number of amides is 1. The SMILES string of the molecule is CC(C)CC(Oc1ccc(C2C=N2)c(C(F)(F)F)c1)C(=O)N[C@@H](C)c1ccccc1. The first kappa shape index (κ1) is 21.9. The van der Waals surface area contributed by atoms with Gasteiger partial charge in [0.05, 0.1) is 11.6 Å². The Balaban J connectivity index is 1.78. The van der Waals surface area contributed by atoms with Crippen LogP contribution < -0.4 is 10.1 Å². The Hall–Kier alpha value is -2.83. The second-order valence-electron chi connectivity index (χ2n) is 7.87. The molecule has 0 aromatic heterocycles. The summed E-state index contributed by atoms with van der Waals surface area (Å²) in [5, 5.41) is 2.90. The molecule has 1 aliphatic heterocycles. The van der Waals surface area contributed by atoms with Crippen LogP contribution in [0.1, 0.15) is 56.0 Å². The summed E-state index contributed by atoms with van der Waals surface area (Å²) in [5.41, 5.74) is 0.239. The van der Waals surface area contributed by atoms with E-state index >= 15 is 0 Å². The molecule has 160 valence electrons. The molecular weight excluding hydrogens is 393 g/mol. The topological polar surface area (TPSA) is 50.7 Å². The van der Waals surface area contributed by atoms with Crippen molar-refractivity contribution in [3.63, 3.8) is 0 Å². The number of hydrogen-bond acceptors (Lipinski definition) is 3. The van der Waals surface area contributed by atoms with E-state index in [1.807, 2.05) is 51.1 Å². The molecule has 0 radical (unpaired) electrons. The number of nitrogens with one attached hydrogen (secondary N) is 1. The molecule has 0 fully saturated rings. The zero-order chi connectivity index (χ0) is 21.9. The minimum atomic E-state index is -4.53. The minimum Gasteiger partial charge on any atom is -0.481 e. The lowest BCUT2D eigenvalue weighted by molar-refractivity contribution is -0.138. The van der Waals surface area contributed by atoms with Gasteiger partial charge in [-0.25, -0.2) is 0 Å². The van der Waals surface area contributed by atoms with Crippen molar-refractivity contribution in [2.45, 2.75) is 51.6 Å². The number of benzene rings is 2. The quantitative estimate of drug-likeness (QED) is 0.615. The summed E-state index contributed by atoms with van der Waals surface area (Å²) in [6.07, 6.45) is -3.59. The first-order valence-corrected chi connectivity index (χ1v) is 9.91. The molecule has 7 heteroatoms. The second kappa shape index (κ2) is 8.90. The first-order valence-electron chi connectivity index (χ1n) is 9.91. The fourth-order valence-corrected chi connectivity index (χ4v) is 3.25. The van der Waals surface area contributed by atoms with Gasteiger partial charge in [-0.3, -0.25) is 9.79 Å². The van der Waals surface area contributed by atoms with Crippen molar-refractivity contribution in [2.75, 3.05) is 0 Å². The lowest BCUT2D eigenvalue weighted by Gasteiger charge is -2.24.